The number of nitrogens with one attached hydrogen (secondary N) is 1. The van der Waals surface area contributed by atoms with Crippen molar-refractivity contribution >= 4 is 17.5 Å². The van der Waals surface area contributed by atoms with Gasteiger partial charge in [0.1, 0.15) is 40.1 Å². The fourth-order valence-electron chi connectivity index (χ4n) is 3.58. The second kappa shape index (κ2) is 7.83. The second-order valence-corrected chi connectivity index (χ2v) is 6.92. The molecule has 0 fully saturated rings. The van der Waals surface area contributed by atoms with E-state index in [2.05, 4.69) is 15.5 Å². The Labute approximate surface area is 178 Å². The molecule has 1 unspecified atom stereocenters. The number of nitrogens with two attached hydrogens (primary N) is 1. The average molecular weight is 412 g/mol. The van der Waals surface area contributed by atoms with Crippen LogP contribution in [0.4, 0.5) is 5.82 Å². The Balaban J connectivity index is 1.62. The SMILES string of the molecule is COc1cc(Oc2ccccc2)ccc1-c1nc(C2C=CNN=C2)n2ccnc(N)c12. The van der Waals surface area contributed by atoms with E-state index in [1.165, 1.54) is 0 Å². The summed E-state index contributed by atoms with van der Waals surface area (Å²) in [5.74, 6) is 3.10. The predicted molar refractivity (Wildman–Crippen MR) is 119 cm³/mol. The van der Waals surface area contributed by atoms with Crippen LogP contribution in [0, 0.1) is 0 Å². The minimum Gasteiger partial charge on any atom is -0.496 e. The molecule has 0 saturated carbocycles. The zero-order chi connectivity index (χ0) is 21.2. The van der Waals surface area contributed by atoms with Crippen molar-refractivity contribution in [2.24, 2.45) is 5.10 Å². The lowest BCUT2D eigenvalue weighted by Crippen LogP contribution is -2.11. The van der Waals surface area contributed by atoms with Crippen LogP contribution in [0.25, 0.3) is 16.8 Å². The summed E-state index contributed by atoms with van der Waals surface area (Å²) in [6, 6.07) is 15.2. The summed E-state index contributed by atoms with van der Waals surface area (Å²) in [4.78, 5) is 9.19. The van der Waals surface area contributed by atoms with Gasteiger partial charge in [0, 0.05) is 36.4 Å². The molecule has 0 radical (unpaired) electrons. The molecule has 0 amide bonds. The lowest BCUT2D eigenvalue weighted by Gasteiger charge is -2.11. The number of nitrogen functional groups attached to an aromatic ring is 1. The number of allylic oxidation sites excluding steroid dienone is 1. The third-order valence-electron chi connectivity index (χ3n) is 5.00. The maximum atomic E-state index is 6.26. The van der Waals surface area contributed by atoms with E-state index in [4.69, 9.17) is 20.2 Å². The number of ether oxygens (including phenoxy) is 2. The number of nitrogens with zero attached hydrogens (tertiary/aromatic N) is 4. The summed E-state index contributed by atoms with van der Waals surface area (Å²) in [7, 11) is 1.62. The molecule has 1 atom stereocenters. The molecule has 0 bridgehead atoms. The smallest absolute Gasteiger partial charge is 0.150 e. The van der Waals surface area contributed by atoms with E-state index in [9.17, 15) is 0 Å². The van der Waals surface area contributed by atoms with Crippen molar-refractivity contribution in [1.29, 1.82) is 0 Å². The van der Waals surface area contributed by atoms with E-state index in [0.29, 0.717) is 28.5 Å². The van der Waals surface area contributed by atoms with Crippen LogP contribution in [0.1, 0.15) is 11.7 Å². The molecule has 8 heteroatoms. The van der Waals surface area contributed by atoms with Gasteiger partial charge in [-0.1, -0.05) is 24.3 Å². The summed E-state index contributed by atoms with van der Waals surface area (Å²) in [5, 5.41) is 4.13. The Hall–Kier alpha value is -4.33. The molecule has 2 aromatic carbocycles. The third-order valence-corrected chi connectivity index (χ3v) is 5.00. The monoisotopic (exact) mass is 412 g/mol. The van der Waals surface area contributed by atoms with Crippen molar-refractivity contribution < 1.29 is 9.47 Å². The second-order valence-electron chi connectivity index (χ2n) is 6.92. The molecule has 0 saturated heterocycles. The van der Waals surface area contributed by atoms with Crippen LogP contribution in [0.5, 0.6) is 17.2 Å². The zero-order valence-corrected chi connectivity index (χ0v) is 16.8. The van der Waals surface area contributed by atoms with Gasteiger partial charge < -0.3 is 15.2 Å². The number of methoxy groups -OCH3 is 1. The minimum absolute atomic E-state index is 0.101. The van der Waals surface area contributed by atoms with E-state index >= 15 is 0 Å². The number of aromatic nitrogens is 3. The molecule has 31 heavy (non-hydrogen) atoms. The quantitative estimate of drug-likeness (QED) is 0.515. The van der Waals surface area contributed by atoms with Crippen molar-refractivity contribution in [3.8, 4) is 28.5 Å². The van der Waals surface area contributed by atoms with Crippen LogP contribution in [-0.4, -0.2) is 27.7 Å². The molecule has 0 spiro atoms. The van der Waals surface area contributed by atoms with Gasteiger partial charge in [0.25, 0.3) is 0 Å². The number of anilines is 1. The van der Waals surface area contributed by atoms with Crippen LogP contribution >= 0.6 is 0 Å². The molecule has 1 aliphatic rings. The van der Waals surface area contributed by atoms with Gasteiger partial charge in [0.15, 0.2) is 0 Å². The van der Waals surface area contributed by atoms with Crippen LogP contribution in [0.15, 0.2) is 78.3 Å². The summed E-state index contributed by atoms with van der Waals surface area (Å²) in [5.41, 5.74) is 11.3. The van der Waals surface area contributed by atoms with Crippen LogP contribution in [-0.2, 0) is 0 Å². The fourth-order valence-corrected chi connectivity index (χ4v) is 3.58. The molecule has 4 aromatic rings. The fraction of sp³-hybridized carbons (Fsp3) is 0.0870. The highest BCUT2D eigenvalue weighted by molar-refractivity contribution is 5.89. The van der Waals surface area contributed by atoms with Gasteiger partial charge in [-0.25, -0.2) is 9.97 Å². The van der Waals surface area contributed by atoms with Crippen molar-refractivity contribution in [2.75, 3.05) is 12.8 Å². The normalized spacial score (nSPS) is 15.1. The Morgan fingerprint density at radius 2 is 1.97 bits per heavy atom. The molecule has 8 nitrogen and oxygen atoms in total. The largest absolute Gasteiger partial charge is 0.496 e. The number of imidazole rings is 1. The van der Waals surface area contributed by atoms with Crippen molar-refractivity contribution in [3.63, 3.8) is 0 Å². The van der Waals surface area contributed by atoms with Crippen molar-refractivity contribution in [3.05, 3.63) is 79.0 Å². The number of rotatable bonds is 5. The third kappa shape index (κ3) is 3.44. The molecule has 0 aliphatic carbocycles. The summed E-state index contributed by atoms with van der Waals surface area (Å²) >= 11 is 0. The highest BCUT2D eigenvalue weighted by Gasteiger charge is 2.23. The Kier molecular flexibility index (Phi) is 4.72. The summed E-state index contributed by atoms with van der Waals surface area (Å²) in [6.07, 6.45) is 9.07. The maximum absolute atomic E-state index is 6.26. The molecule has 5 rings (SSSR count). The van der Waals surface area contributed by atoms with Gasteiger partial charge in [-0.2, -0.15) is 5.10 Å². The topological polar surface area (TPSA) is 99.1 Å². The van der Waals surface area contributed by atoms with Crippen molar-refractivity contribution in [1.82, 2.24) is 19.8 Å². The Bertz CT molecular complexity index is 1280. The van der Waals surface area contributed by atoms with Gasteiger partial charge in [-0.15, -0.1) is 0 Å². The lowest BCUT2D eigenvalue weighted by atomic mass is 10.1. The molecule has 3 heterocycles. The maximum Gasteiger partial charge on any atom is 0.150 e. The van der Waals surface area contributed by atoms with Gasteiger partial charge >= 0.3 is 0 Å². The Morgan fingerprint density at radius 3 is 2.74 bits per heavy atom. The molecule has 2 aromatic heterocycles. The first-order valence-corrected chi connectivity index (χ1v) is 9.73. The van der Waals surface area contributed by atoms with E-state index < -0.39 is 0 Å². The van der Waals surface area contributed by atoms with Gasteiger partial charge in [0.2, 0.25) is 0 Å². The van der Waals surface area contributed by atoms with E-state index in [1.807, 2.05) is 65.2 Å². The molecule has 3 N–H and O–H groups in total. The molecule has 154 valence electrons. The van der Waals surface area contributed by atoms with Gasteiger partial charge in [-0.3, -0.25) is 9.83 Å². The Morgan fingerprint density at radius 1 is 1.10 bits per heavy atom. The van der Waals surface area contributed by atoms with E-state index in [0.717, 1.165) is 17.1 Å². The number of fused-ring (bicyclic) bond motifs is 1. The first-order chi connectivity index (χ1) is 15.2. The highest BCUT2D eigenvalue weighted by Crippen LogP contribution is 2.38. The first-order valence-electron chi connectivity index (χ1n) is 9.73. The summed E-state index contributed by atoms with van der Waals surface area (Å²) in [6.45, 7) is 0. The van der Waals surface area contributed by atoms with Crippen LogP contribution < -0.4 is 20.6 Å². The standard InChI is InChI=1S/C23H20N6O2/c1-30-19-13-17(31-16-5-3-2-4-6-16)7-8-18(19)20-21-22(24)25-11-12-29(21)23(28-20)15-9-10-26-27-14-15/h2-15,26H,1H3,(H2,24,25). The van der Waals surface area contributed by atoms with E-state index in [1.54, 1.807) is 25.7 Å². The zero-order valence-electron chi connectivity index (χ0n) is 16.8. The minimum atomic E-state index is -0.101. The van der Waals surface area contributed by atoms with Crippen LogP contribution in [0.2, 0.25) is 0 Å². The highest BCUT2D eigenvalue weighted by atomic mass is 16.5. The van der Waals surface area contributed by atoms with E-state index in [-0.39, 0.29) is 5.92 Å². The number of hydrogen-bond donors (Lipinski definition) is 2. The number of benzene rings is 2. The first kappa shape index (κ1) is 18.7. The average Bonchev–Trinajstić information content (AvgIpc) is 3.21. The summed E-state index contributed by atoms with van der Waals surface area (Å²) < 4.78 is 13.6. The number of hydrogen-bond acceptors (Lipinski definition) is 7. The molecular formula is C23H20N6O2. The molecular weight excluding hydrogens is 392 g/mol. The van der Waals surface area contributed by atoms with Crippen LogP contribution in [0.3, 0.4) is 0 Å². The number of para-hydroxylation sites is 1. The lowest BCUT2D eigenvalue weighted by molar-refractivity contribution is 0.410. The molecule has 1 aliphatic heterocycles. The van der Waals surface area contributed by atoms with Gasteiger partial charge in [-0.05, 0) is 24.3 Å². The van der Waals surface area contributed by atoms with Crippen molar-refractivity contribution in [2.45, 2.75) is 5.92 Å². The number of hydrazone groups is 1. The van der Waals surface area contributed by atoms with Gasteiger partial charge in [0.05, 0.1) is 13.0 Å². The predicted octanol–water partition coefficient (Wildman–Crippen LogP) is 3.97.